The maximum absolute atomic E-state index is 11.8. The van der Waals surface area contributed by atoms with Crippen LogP contribution >= 0.6 is 0 Å². The fourth-order valence-corrected chi connectivity index (χ4v) is 3.48. The molecule has 0 aliphatic rings. The van der Waals surface area contributed by atoms with E-state index in [1.54, 1.807) is 0 Å². The molecule has 0 spiro atoms. The lowest BCUT2D eigenvalue weighted by Crippen LogP contribution is -2.23. The molecule has 1 heterocycles. The minimum Gasteiger partial charge on any atom is -0.383 e. The second kappa shape index (κ2) is 8.82. The van der Waals surface area contributed by atoms with Gasteiger partial charge in [0.1, 0.15) is 16.4 Å². The number of anilines is 1. The number of aromatic amines is 2. The summed E-state index contributed by atoms with van der Waals surface area (Å²) in [4.78, 5) is 25.8. The zero-order valence-electron chi connectivity index (χ0n) is 16.1. The third-order valence-corrected chi connectivity index (χ3v) is 5.59. The number of hydrogen-bond donors (Lipinski definition) is 5. The molecule has 0 bridgehead atoms. The van der Waals surface area contributed by atoms with Crippen LogP contribution in [0.1, 0.15) is 0 Å². The van der Waals surface area contributed by atoms with Gasteiger partial charge in [-0.1, -0.05) is 0 Å². The third-order valence-electron chi connectivity index (χ3n) is 3.84. The summed E-state index contributed by atoms with van der Waals surface area (Å²) in [5.74, 6) is -0.411. The molecule has 172 valence electrons. The van der Waals surface area contributed by atoms with Crippen LogP contribution in [0.3, 0.4) is 0 Å². The third kappa shape index (κ3) is 5.80. The second-order valence-corrected chi connectivity index (χ2v) is 8.98. The first kappa shape index (κ1) is 23.6. The number of hydrogen-bond acceptors (Lipinski definition) is 11. The molecule has 0 unspecified atom stereocenters. The molecule has 0 radical (unpaired) electrons. The van der Waals surface area contributed by atoms with E-state index in [1.807, 2.05) is 4.98 Å². The summed E-state index contributed by atoms with van der Waals surface area (Å²) in [6.07, 6.45) is 0. The van der Waals surface area contributed by atoms with Crippen LogP contribution in [-0.4, -0.2) is 35.9 Å². The molecule has 0 aliphatic carbocycles. The van der Waals surface area contributed by atoms with Gasteiger partial charge in [0.25, 0.3) is 25.8 Å². The minimum atomic E-state index is -4.82. The Labute approximate surface area is 184 Å². The average molecular weight is 495 g/mol. The number of azo groups is 2. The molecule has 0 atom stereocenters. The number of H-pyrrole nitrogens is 2. The lowest BCUT2D eigenvalue weighted by molar-refractivity contribution is 0.481. The van der Waals surface area contributed by atoms with Crippen molar-refractivity contribution in [1.29, 1.82) is 0 Å². The lowest BCUT2D eigenvalue weighted by atomic mass is 10.3. The van der Waals surface area contributed by atoms with Gasteiger partial charge in [0.05, 0.1) is 16.3 Å². The smallest absolute Gasteiger partial charge is 0.327 e. The lowest BCUT2D eigenvalue weighted by Gasteiger charge is -2.03. The minimum absolute atomic E-state index is 0.0400. The van der Waals surface area contributed by atoms with Gasteiger partial charge in [-0.25, -0.2) is 4.79 Å². The Bertz CT molecular complexity index is 1610. The molecule has 2 aromatic carbocycles. The molecular formula is C16H13N7O8S2. The molecule has 0 saturated carbocycles. The summed E-state index contributed by atoms with van der Waals surface area (Å²) in [5, 5.41) is 14.7. The number of nitrogen functional groups attached to an aromatic ring is 1. The number of rotatable bonds is 6. The molecule has 0 saturated heterocycles. The van der Waals surface area contributed by atoms with E-state index < -0.39 is 47.9 Å². The van der Waals surface area contributed by atoms with Gasteiger partial charge in [-0.2, -0.15) is 27.1 Å². The Morgan fingerprint density at radius 2 is 1.36 bits per heavy atom. The van der Waals surface area contributed by atoms with E-state index in [9.17, 15) is 31.0 Å². The van der Waals surface area contributed by atoms with E-state index in [1.165, 1.54) is 18.2 Å². The molecule has 15 nitrogen and oxygen atoms in total. The van der Waals surface area contributed by atoms with Crippen molar-refractivity contribution >= 4 is 48.8 Å². The van der Waals surface area contributed by atoms with Crippen LogP contribution in [0.15, 0.2) is 82.3 Å². The van der Waals surface area contributed by atoms with Crippen LogP contribution in [0, 0.1) is 0 Å². The summed E-state index contributed by atoms with van der Waals surface area (Å²) < 4.78 is 64.1. The molecular weight excluding hydrogens is 482 g/mol. The summed E-state index contributed by atoms with van der Waals surface area (Å²) in [6, 6.07) is 7.94. The number of nitrogens with one attached hydrogen (secondary N) is 2. The first-order valence-electron chi connectivity index (χ1n) is 8.49. The average Bonchev–Trinajstić information content (AvgIpc) is 2.71. The zero-order chi connectivity index (χ0) is 24.4. The molecule has 17 heteroatoms. The molecule has 0 aliphatic heterocycles. The van der Waals surface area contributed by atoms with Gasteiger partial charge >= 0.3 is 5.69 Å². The predicted octanol–water partition coefficient (Wildman–Crippen LogP) is 1.97. The van der Waals surface area contributed by atoms with E-state index in [0.29, 0.717) is 0 Å². The van der Waals surface area contributed by atoms with Crippen molar-refractivity contribution in [3.8, 4) is 0 Å². The highest BCUT2D eigenvalue weighted by Gasteiger charge is 2.17. The molecule has 3 rings (SSSR count). The van der Waals surface area contributed by atoms with Crippen LogP contribution < -0.4 is 17.0 Å². The maximum Gasteiger partial charge on any atom is 0.327 e. The summed E-state index contributed by atoms with van der Waals surface area (Å²) in [7, 11) is -9.20. The van der Waals surface area contributed by atoms with E-state index in [0.717, 1.165) is 24.3 Å². The van der Waals surface area contributed by atoms with E-state index >= 15 is 0 Å². The van der Waals surface area contributed by atoms with Gasteiger partial charge in [-0.05, 0) is 42.5 Å². The SMILES string of the molecule is Nc1[nH]c(=O)[nH]c(=O)c1N=Nc1ccc(N=Nc2ccc(S(=O)(=O)O)cc2)cc1S(=O)(=O)O. The summed E-state index contributed by atoms with van der Waals surface area (Å²) in [6.45, 7) is 0. The van der Waals surface area contributed by atoms with Crippen LogP contribution in [0.5, 0.6) is 0 Å². The Morgan fingerprint density at radius 1 is 0.758 bits per heavy atom. The van der Waals surface area contributed by atoms with E-state index in [-0.39, 0.29) is 22.0 Å². The van der Waals surface area contributed by atoms with Crippen molar-refractivity contribution in [2.45, 2.75) is 9.79 Å². The van der Waals surface area contributed by atoms with Gasteiger partial charge in [-0.3, -0.25) is 23.9 Å². The van der Waals surface area contributed by atoms with Crippen molar-refractivity contribution in [2.24, 2.45) is 20.5 Å². The Morgan fingerprint density at radius 3 is 1.94 bits per heavy atom. The van der Waals surface area contributed by atoms with Crippen molar-refractivity contribution in [2.75, 3.05) is 5.73 Å². The van der Waals surface area contributed by atoms with Gasteiger partial charge in [-0.15, -0.1) is 10.2 Å². The number of nitrogens with zero attached hydrogens (tertiary/aromatic N) is 4. The van der Waals surface area contributed by atoms with E-state index in [2.05, 4.69) is 25.4 Å². The highest BCUT2D eigenvalue weighted by molar-refractivity contribution is 7.86. The van der Waals surface area contributed by atoms with Gasteiger partial charge in [0.2, 0.25) is 0 Å². The Hall–Kier alpha value is -4.06. The summed E-state index contributed by atoms with van der Waals surface area (Å²) in [5.41, 5.74) is 2.90. The number of nitrogens with two attached hydrogens (primary N) is 1. The normalized spacial score (nSPS) is 12.5. The zero-order valence-corrected chi connectivity index (χ0v) is 17.7. The van der Waals surface area contributed by atoms with Crippen LogP contribution in [-0.2, 0) is 20.2 Å². The highest BCUT2D eigenvalue weighted by atomic mass is 32.2. The molecule has 33 heavy (non-hydrogen) atoms. The van der Waals surface area contributed by atoms with Gasteiger partial charge < -0.3 is 5.73 Å². The quantitative estimate of drug-likeness (QED) is 0.247. The van der Waals surface area contributed by atoms with Crippen LogP contribution in [0.25, 0.3) is 0 Å². The fourth-order valence-electron chi connectivity index (χ4n) is 2.36. The second-order valence-electron chi connectivity index (χ2n) is 6.17. The van der Waals surface area contributed by atoms with Crippen molar-refractivity contribution in [3.63, 3.8) is 0 Å². The van der Waals surface area contributed by atoms with Gasteiger partial charge in [0, 0.05) is 0 Å². The first-order chi connectivity index (χ1) is 15.3. The topological polar surface area (TPSA) is 250 Å². The monoisotopic (exact) mass is 495 g/mol. The van der Waals surface area contributed by atoms with Gasteiger partial charge in [0.15, 0.2) is 5.69 Å². The Balaban J connectivity index is 1.96. The molecule has 3 aromatic rings. The molecule has 6 N–H and O–H groups in total. The maximum atomic E-state index is 11.8. The van der Waals surface area contributed by atoms with Crippen LogP contribution in [0.4, 0.5) is 28.6 Å². The molecule has 1 aromatic heterocycles. The summed E-state index contributed by atoms with van der Waals surface area (Å²) >= 11 is 0. The Kier molecular flexibility index (Phi) is 6.31. The first-order valence-corrected chi connectivity index (χ1v) is 11.4. The number of benzene rings is 2. The largest absolute Gasteiger partial charge is 0.383 e. The van der Waals surface area contributed by atoms with Crippen molar-refractivity contribution in [1.82, 2.24) is 9.97 Å². The number of aromatic nitrogens is 2. The molecule has 0 fully saturated rings. The standard InChI is InChI=1S/C16H13N7O8S2/c17-14-13(15(24)19-16(25)18-14)23-22-11-6-3-9(7-12(11)33(29,30)31)21-20-8-1-4-10(5-2-8)32(26,27)28/h1-7H,(H,26,27,28)(H,29,30,31)(H4,17,18,19,24,25). The predicted molar refractivity (Wildman–Crippen MR) is 113 cm³/mol. The highest BCUT2D eigenvalue weighted by Crippen LogP contribution is 2.31. The van der Waals surface area contributed by atoms with Crippen molar-refractivity contribution in [3.05, 3.63) is 63.3 Å². The van der Waals surface area contributed by atoms with Crippen molar-refractivity contribution < 1.29 is 25.9 Å². The van der Waals surface area contributed by atoms with E-state index in [4.69, 9.17) is 10.3 Å². The molecule has 0 amide bonds. The fraction of sp³-hybridized carbons (Fsp3) is 0. The van der Waals surface area contributed by atoms with Crippen LogP contribution in [0.2, 0.25) is 0 Å².